The smallest absolute Gasteiger partial charge is 0.0648 e. The maximum Gasteiger partial charge on any atom is 0.0648 e. The van der Waals surface area contributed by atoms with Gasteiger partial charge in [0.2, 0.25) is 0 Å². The fraction of sp³-hybridized carbons (Fsp3) is 0.714. The van der Waals surface area contributed by atoms with Gasteiger partial charge in [0.05, 0.1) is 12.7 Å². The van der Waals surface area contributed by atoms with Gasteiger partial charge in [0.15, 0.2) is 0 Å². The predicted octanol–water partition coefficient (Wildman–Crippen LogP) is 4.10. The van der Waals surface area contributed by atoms with Crippen LogP contribution in [0.5, 0.6) is 0 Å². The number of rotatable bonds is 7. The quantitative estimate of drug-likeness (QED) is 0.572. The van der Waals surface area contributed by atoms with E-state index < -0.39 is 0 Å². The Morgan fingerprint density at radius 1 is 1.47 bits per heavy atom. The first kappa shape index (κ1) is 12.5. The van der Waals surface area contributed by atoms with Gasteiger partial charge in [0, 0.05) is 5.41 Å². The Labute approximate surface area is 94.2 Å². The van der Waals surface area contributed by atoms with Crippen LogP contribution in [0.4, 0.5) is 0 Å². The SMILES string of the molecule is C=CCO[C@H](CC)C1(CC=C(C)C)CC1. The molecular formula is C14H24O. The molecule has 1 fully saturated rings. The van der Waals surface area contributed by atoms with E-state index in [0.29, 0.717) is 18.1 Å². The van der Waals surface area contributed by atoms with Crippen molar-refractivity contribution in [3.05, 3.63) is 24.3 Å². The molecule has 0 unspecified atom stereocenters. The highest BCUT2D eigenvalue weighted by molar-refractivity contribution is 5.07. The zero-order valence-corrected chi connectivity index (χ0v) is 10.4. The van der Waals surface area contributed by atoms with Crippen molar-refractivity contribution in [1.29, 1.82) is 0 Å². The Morgan fingerprint density at radius 3 is 2.53 bits per heavy atom. The Kier molecular flexibility index (Phi) is 4.59. The summed E-state index contributed by atoms with van der Waals surface area (Å²) >= 11 is 0. The molecule has 0 bridgehead atoms. The van der Waals surface area contributed by atoms with Gasteiger partial charge in [-0.15, -0.1) is 6.58 Å². The van der Waals surface area contributed by atoms with E-state index in [9.17, 15) is 0 Å². The van der Waals surface area contributed by atoms with E-state index in [1.54, 1.807) is 0 Å². The first-order valence-corrected chi connectivity index (χ1v) is 6.00. The van der Waals surface area contributed by atoms with Gasteiger partial charge in [-0.1, -0.05) is 24.6 Å². The summed E-state index contributed by atoms with van der Waals surface area (Å²) in [5.74, 6) is 0. The number of allylic oxidation sites excluding steroid dienone is 2. The van der Waals surface area contributed by atoms with E-state index in [0.717, 1.165) is 6.42 Å². The van der Waals surface area contributed by atoms with Crippen LogP contribution in [0, 0.1) is 5.41 Å². The van der Waals surface area contributed by atoms with Crippen molar-refractivity contribution < 1.29 is 4.74 Å². The molecule has 0 aliphatic heterocycles. The van der Waals surface area contributed by atoms with Gasteiger partial charge < -0.3 is 4.74 Å². The van der Waals surface area contributed by atoms with Crippen molar-refractivity contribution in [1.82, 2.24) is 0 Å². The Morgan fingerprint density at radius 2 is 2.13 bits per heavy atom. The lowest BCUT2D eigenvalue weighted by molar-refractivity contribution is 0.0161. The van der Waals surface area contributed by atoms with Crippen LogP contribution in [0.15, 0.2) is 24.3 Å². The van der Waals surface area contributed by atoms with Crippen LogP contribution in [0.2, 0.25) is 0 Å². The zero-order chi connectivity index (χ0) is 11.3. The van der Waals surface area contributed by atoms with E-state index in [2.05, 4.69) is 33.4 Å². The van der Waals surface area contributed by atoms with E-state index >= 15 is 0 Å². The number of hydrogen-bond acceptors (Lipinski definition) is 1. The summed E-state index contributed by atoms with van der Waals surface area (Å²) in [5, 5.41) is 0. The summed E-state index contributed by atoms with van der Waals surface area (Å²) in [5.41, 5.74) is 1.87. The molecule has 0 aromatic carbocycles. The average Bonchev–Trinajstić information content (AvgIpc) is 2.97. The van der Waals surface area contributed by atoms with Crippen LogP contribution >= 0.6 is 0 Å². The highest BCUT2D eigenvalue weighted by Crippen LogP contribution is 2.54. The molecule has 1 aliphatic rings. The van der Waals surface area contributed by atoms with Crippen molar-refractivity contribution in [2.75, 3.05) is 6.61 Å². The second kappa shape index (κ2) is 5.50. The van der Waals surface area contributed by atoms with E-state index in [1.807, 2.05) is 6.08 Å². The summed E-state index contributed by atoms with van der Waals surface area (Å²) in [4.78, 5) is 0. The minimum Gasteiger partial charge on any atom is -0.374 e. The Hall–Kier alpha value is -0.560. The number of ether oxygens (including phenoxy) is 1. The summed E-state index contributed by atoms with van der Waals surface area (Å²) < 4.78 is 5.85. The van der Waals surface area contributed by atoms with Crippen molar-refractivity contribution in [3.8, 4) is 0 Å². The Balaban J connectivity index is 2.50. The van der Waals surface area contributed by atoms with Gasteiger partial charge in [-0.05, 0) is 39.5 Å². The molecule has 0 N–H and O–H groups in total. The van der Waals surface area contributed by atoms with Gasteiger partial charge in [0.25, 0.3) is 0 Å². The molecule has 0 aromatic heterocycles. The molecule has 1 rings (SSSR count). The summed E-state index contributed by atoms with van der Waals surface area (Å²) in [6, 6.07) is 0. The lowest BCUT2D eigenvalue weighted by atomic mass is 9.92. The van der Waals surface area contributed by atoms with Gasteiger partial charge in [0.1, 0.15) is 0 Å². The van der Waals surface area contributed by atoms with E-state index in [-0.39, 0.29) is 0 Å². The molecule has 1 heteroatoms. The molecule has 0 spiro atoms. The van der Waals surface area contributed by atoms with Crippen LogP contribution in [0.25, 0.3) is 0 Å². The molecule has 0 saturated heterocycles. The maximum atomic E-state index is 5.85. The van der Waals surface area contributed by atoms with E-state index in [4.69, 9.17) is 4.74 Å². The summed E-state index contributed by atoms with van der Waals surface area (Å²) in [6.45, 7) is 11.0. The fourth-order valence-electron chi connectivity index (χ4n) is 2.14. The third-order valence-electron chi connectivity index (χ3n) is 3.28. The zero-order valence-electron chi connectivity index (χ0n) is 10.4. The number of hydrogen-bond donors (Lipinski definition) is 0. The standard InChI is InChI=1S/C14H24O/c1-5-11-15-13(6-2)14(9-10-14)8-7-12(3)4/h5,7,13H,1,6,8-11H2,2-4H3/t13-/m1/s1. The molecule has 0 aromatic rings. The highest BCUT2D eigenvalue weighted by Gasteiger charge is 2.48. The summed E-state index contributed by atoms with van der Waals surface area (Å²) in [7, 11) is 0. The molecule has 15 heavy (non-hydrogen) atoms. The molecule has 0 heterocycles. The van der Waals surface area contributed by atoms with Gasteiger partial charge in [-0.25, -0.2) is 0 Å². The molecule has 1 atom stereocenters. The molecule has 1 nitrogen and oxygen atoms in total. The van der Waals surface area contributed by atoms with Gasteiger partial charge in [-0.3, -0.25) is 0 Å². The average molecular weight is 208 g/mol. The van der Waals surface area contributed by atoms with Crippen LogP contribution in [-0.4, -0.2) is 12.7 Å². The van der Waals surface area contributed by atoms with E-state index in [1.165, 1.54) is 24.8 Å². The normalized spacial score (nSPS) is 19.4. The molecule has 0 amide bonds. The lowest BCUT2D eigenvalue weighted by Crippen LogP contribution is -2.24. The fourth-order valence-corrected chi connectivity index (χ4v) is 2.14. The third kappa shape index (κ3) is 3.49. The lowest BCUT2D eigenvalue weighted by Gasteiger charge is -2.25. The second-order valence-electron chi connectivity index (χ2n) is 4.87. The minimum atomic E-state index is 0.422. The molecule has 0 radical (unpaired) electrons. The van der Waals surface area contributed by atoms with Crippen molar-refractivity contribution in [3.63, 3.8) is 0 Å². The molecule has 1 aliphatic carbocycles. The second-order valence-corrected chi connectivity index (χ2v) is 4.87. The first-order chi connectivity index (χ1) is 7.14. The molecule has 86 valence electrons. The molecule has 1 saturated carbocycles. The van der Waals surface area contributed by atoms with Gasteiger partial charge >= 0.3 is 0 Å². The van der Waals surface area contributed by atoms with Crippen LogP contribution in [0.1, 0.15) is 46.5 Å². The topological polar surface area (TPSA) is 9.23 Å². The van der Waals surface area contributed by atoms with Crippen molar-refractivity contribution in [2.45, 2.75) is 52.6 Å². The molecular weight excluding hydrogens is 184 g/mol. The monoisotopic (exact) mass is 208 g/mol. The summed E-state index contributed by atoms with van der Waals surface area (Å²) in [6.07, 6.45) is 9.58. The van der Waals surface area contributed by atoms with Crippen LogP contribution in [0.3, 0.4) is 0 Å². The predicted molar refractivity (Wildman–Crippen MR) is 65.9 cm³/mol. The largest absolute Gasteiger partial charge is 0.374 e. The minimum absolute atomic E-state index is 0.422. The highest BCUT2D eigenvalue weighted by atomic mass is 16.5. The van der Waals surface area contributed by atoms with Crippen LogP contribution in [-0.2, 0) is 4.74 Å². The van der Waals surface area contributed by atoms with Crippen molar-refractivity contribution >= 4 is 0 Å². The first-order valence-electron chi connectivity index (χ1n) is 6.00. The third-order valence-corrected chi connectivity index (χ3v) is 3.28. The maximum absolute atomic E-state index is 5.85. The Bertz CT molecular complexity index is 232. The van der Waals surface area contributed by atoms with Crippen molar-refractivity contribution in [2.24, 2.45) is 5.41 Å². The van der Waals surface area contributed by atoms with Crippen LogP contribution < -0.4 is 0 Å². The van der Waals surface area contributed by atoms with Gasteiger partial charge in [-0.2, -0.15) is 0 Å².